The van der Waals surface area contributed by atoms with Crippen LogP contribution in [0.5, 0.6) is 0 Å². The minimum Gasteiger partial charge on any atom is -0.378 e. The van der Waals surface area contributed by atoms with E-state index in [-0.39, 0.29) is 0 Å². The molecule has 0 spiro atoms. The van der Waals surface area contributed by atoms with Crippen molar-refractivity contribution >= 4 is 0 Å². The van der Waals surface area contributed by atoms with Gasteiger partial charge in [-0.3, -0.25) is 5.32 Å². The largest absolute Gasteiger partial charge is 0.378 e. The van der Waals surface area contributed by atoms with Crippen LogP contribution in [0.4, 0.5) is 0 Å². The first-order valence-corrected chi connectivity index (χ1v) is 6.54. The maximum atomic E-state index is 9.46. The molecule has 0 aromatic heterocycles. The van der Waals surface area contributed by atoms with Gasteiger partial charge in [-0.15, -0.1) is 0 Å². The highest BCUT2D eigenvalue weighted by Crippen LogP contribution is 2.32. The van der Waals surface area contributed by atoms with Crippen molar-refractivity contribution in [1.82, 2.24) is 5.32 Å². The van der Waals surface area contributed by atoms with Gasteiger partial charge in [0.15, 0.2) is 5.54 Å². The zero-order valence-corrected chi connectivity index (χ0v) is 10.9. The van der Waals surface area contributed by atoms with E-state index in [0.717, 1.165) is 24.5 Å². The van der Waals surface area contributed by atoms with Crippen LogP contribution in [0, 0.1) is 17.2 Å². The van der Waals surface area contributed by atoms with Crippen molar-refractivity contribution < 1.29 is 4.74 Å². The number of nitrogens with one attached hydrogen (secondary N) is 1. The molecule has 1 saturated carbocycles. The second-order valence-electron chi connectivity index (χ2n) is 4.92. The Kier molecular flexibility index (Phi) is 4.35. The number of nitrogens with zero attached hydrogens (tertiary/aromatic N) is 1. The molecule has 1 fully saturated rings. The van der Waals surface area contributed by atoms with Crippen molar-refractivity contribution in [2.24, 2.45) is 5.92 Å². The SMILES string of the molecule is CNC(C#N)(COCCC1CC1)c1ccccc1. The lowest BCUT2D eigenvalue weighted by atomic mass is 9.92. The number of hydrogen-bond acceptors (Lipinski definition) is 3. The van der Waals surface area contributed by atoms with Crippen LogP contribution in [0.3, 0.4) is 0 Å². The Labute approximate surface area is 109 Å². The predicted octanol–water partition coefficient (Wildman–Crippen LogP) is 2.44. The lowest BCUT2D eigenvalue weighted by Crippen LogP contribution is -2.43. The highest BCUT2D eigenvalue weighted by molar-refractivity contribution is 5.31. The summed E-state index contributed by atoms with van der Waals surface area (Å²) in [6, 6.07) is 12.1. The van der Waals surface area contributed by atoms with Gasteiger partial charge in [-0.2, -0.15) is 5.26 Å². The Morgan fingerprint density at radius 1 is 1.39 bits per heavy atom. The molecule has 0 saturated heterocycles. The summed E-state index contributed by atoms with van der Waals surface area (Å²) >= 11 is 0. The van der Waals surface area contributed by atoms with Gasteiger partial charge in [0.05, 0.1) is 12.7 Å². The number of hydrogen-bond donors (Lipinski definition) is 1. The van der Waals surface area contributed by atoms with Crippen molar-refractivity contribution in [3.8, 4) is 6.07 Å². The van der Waals surface area contributed by atoms with E-state index < -0.39 is 5.54 Å². The molecule has 0 aliphatic heterocycles. The topological polar surface area (TPSA) is 45.0 Å². The van der Waals surface area contributed by atoms with Crippen LogP contribution in [0.1, 0.15) is 24.8 Å². The van der Waals surface area contributed by atoms with Crippen molar-refractivity contribution in [3.05, 3.63) is 35.9 Å². The minimum atomic E-state index is -0.731. The first-order valence-electron chi connectivity index (χ1n) is 6.54. The quantitative estimate of drug-likeness (QED) is 0.749. The average molecular weight is 244 g/mol. The average Bonchev–Trinajstić information content (AvgIpc) is 3.25. The molecule has 1 aliphatic carbocycles. The normalized spacial score (nSPS) is 18.0. The molecule has 1 atom stereocenters. The number of benzene rings is 1. The molecule has 0 amide bonds. The van der Waals surface area contributed by atoms with Gasteiger partial charge in [-0.25, -0.2) is 0 Å². The van der Waals surface area contributed by atoms with E-state index in [4.69, 9.17) is 4.74 Å². The molecular formula is C15H20N2O. The van der Waals surface area contributed by atoms with E-state index in [1.54, 1.807) is 7.05 Å². The fourth-order valence-corrected chi connectivity index (χ4v) is 2.06. The monoisotopic (exact) mass is 244 g/mol. The molecule has 0 bridgehead atoms. The van der Waals surface area contributed by atoms with E-state index in [0.29, 0.717) is 6.61 Å². The summed E-state index contributed by atoms with van der Waals surface area (Å²) in [5.74, 6) is 0.868. The van der Waals surface area contributed by atoms with E-state index in [9.17, 15) is 5.26 Å². The molecule has 1 aromatic rings. The fraction of sp³-hybridized carbons (Fsp3) is 0.533. The van der Waals surface area contributed by atoms with Gasteiger partial charge in [0.2, 0.25) is 0 Å². The predicted molar refractivity (Wildman–Crippen MR) is 71.0 cm³/mol. The van der Waals surface area contributed by atoms with Gasteiger partial charge in [0.25, 0.3) is 0 Å². The minimum absolute atomic E-state index is 0.400. The molecule has 96 valence electrons. The highest BCUT2D eigenvalue weighted by Gasteiger charge is 2.31. The summed E-state index contributed by atoms with van der Waals surface area (Å²) in [5.41, 5.74) is 0.228. The van der Waals surface area contributed by atoms with Crippen LogP contribution < -0.4 is 5.32 Å². The van der Waals surface area contributed by atoms with E-state index in [2.05, 4.69) is 11.4 Å². The summed E-state index contributed by atoms with van der Waals surface area (Å²) in [6.07, 6.45) is 3.81. The van der Waals surface area contributed by atoms with E-state index in [1.807, 2.05) is 30.3 Å². The summed E-state index contributed by atoms with van der Waals surface area (Å²) < 4.78 is 5.70. The molecule has 0 radical (unpaired) electrons. The first kappa shape index (κ1) is 13.1. The molecule has 1 aromatic carbocycles. The molecule has 1 aliphatic rings. The summed E-state index contributed by atoms with van der Waals surface area (Å²) in [5, 5.41) is 12.6. The molecule has 3 nitrogen and oxygen atoms in total. The Balaban J connectivity index is 1.95. The molecule has 0 heterocycles. The van der Waals surface area contributed by atoms with Gasteiger partial charge in [0.1, 0.15) is 0 Å². The van der Waals surface area contributed by atoms with Crippen molar-refractivity contribution in [2.45, 2.75) is 24.8 Å². The number of nitriles is 1. The third kappa shape index (κ3) is 3.10. The second-order valence-corrected chi connectivity index (χ2v) is 4.92. The standard InChI is InChI=1S/C15H20N2O/c1-17-15(11-16,14-5-3-2-4-6-14)12-18-10-9-13-7-8-13/h2-6,13,17H,7-10,12H2,1H3. The smallest absolute Gasteiger partial charge is 0.155 e. The number of ether oxygens (including phenoxy) is 1. The van der Waals surface area contributed by atoms with Crippen LogP contribution in [0.2, 0.25) is 0 Å². The van der Waals surface area contributed by atoms with E-state index in [1.165, 1.54) is 12.8 Å². The van der Waals surface area contributed by atoms with Crippen LogP contribution in [-0.2, 0) is 10.3 Å². The Morgan fingerprint density at radius 2 is 2.11 bits per heavy atom. The van der Waals surface area contributed by atoms with Crippen LogP contribution in [-0.4, -0.2) is 20.3 Å². The van der Waals surface area contributed by atoms with Crippen molar-refractivity contribution in [2.75, 3.05) is 20.3 Å². The van der Waals surface area contributed by atoms with Crippen molar-refractivity contribution in [3.63, 3.8) is 0 Å². The van der Waals surface area contributed by atoms with Crippen LogP contribution in [0.15, 0.2) is 30.3 Å². The maximum absolute atomic E-state index is 9.46. The van der Waals surface area contributed by atoms with Crippen LogP contribution >= 0.6 is 0 Å². The van der Waals surface area contributed by atoms with Crippen LogP contribution in [0.25, 0.3) is 0 Å². The summed E-state index contributed by atoms with van der Waals surface area (Å²) in [6.45, 7) is 1.15. The zero-order valence-electron chi connectivity index (χ0n) is 10.9. The van der Waals surface area contributed by atoms with Gasteiger partial charge >= 0.3 is 0 Å². The third-order valence-corrected chi connectivity index (χ3v) is 3.57. The highest BCUT2D eigenvalue weighted by atomic mass is 16.5. The van der Waals surface area contributed by atoms with Gasteiger partial charge in [-0.1, -0.05) is 43.2 Å². The Hall–Kier alpha value is -1.37. The van der Waals surface area contributed by atoms with Gasteiger partial charge < -0.3 is 4.74 Å². The first-order chi connectivity index (χ1) is 8.80. The van der Waals surface area contributed by atoms with Gasteiger partial charge in [0, 0.05) is 6.61 Å². The Morgan fingerprint density at radius 3 is 2.67 bits per heavy atom. The molecule has 18 heavy (non-hydrogen) atoms. The molecular weight excluding hydrogens is 224 g/mol. The third-order valence-electron chi connectivity index (χ3n) is 3.57. The molecule has 3 heteroatoms. The summed E-state index contributed by atoms with van der Waals surface area (Å²) in [4.78, 5) is 0. The second kappa shape index (κ2) is 5.99. The lowest BCUT2D eigenvalue weighted by molar-refractivity contribution is 0.0871. The number of likely N-dealkylation sites (N-methyl/N-ethyl adjacent to an activating group) is 1. The molecule has 1 N–H and O–H groups in total. The lowest BCUT2D eigenvalue weighted by Gasteiger charge is -2.26. The summed E-state index contributed by atoms with van der Waals surface area (Å²) in [7, 11) is 1.81. The molecule has 1 unspecified atom stereocenters. The maximum Gasteiger partial charge on any atom is 0.155 e. The van der Waals surface area contributed by atoms with Gasteiger partial charge in [-0.05, 0) is 24.9 Å². The van der Waals surface area contributed by atoms with Crippen molar-refractivity contribution in [1.29, 1.82) is 5.26 Å². The zero-order chi connectivity index (χ0) is 12.8. The Bertz CT molecular complexity index is 408. The van der Waals surface area contributed by atoms with E-state index >= 15 is 0 Å². The molecule has 2 rings (SSSR count). The number of rotatable bonds is 7. The fourth-order valence-electron chi connectivity index (χ4n) is 2.06.